The Morgan fingerprint density at radius 3 is 2.47 bits per heavy atom. The SMILES string of the molecule is CCNC(=NCc1ccnc(N2CCCCC2)c1)NCCCN(C(C)C)C(C)C.I. The lowest BCUT2D eigenvalue weighted by atomic mass is 10.1. The molecule has 1 aromatic heterocycles. The van der Waals surface area contributed by atoms with E-state index in [9.17, 15) is 0 Å². The molecule has 0 bridgehead atoms. The van der Waals surface area contributed by atoms with Crippen LogP contribution in [0.15, 0.2) is 23.3 Å². The first-order chi connectivity index (χ1) is 14.0. The van der Waals surface area contributed by atoms with Crippen molar-refractivity contribution < 1.29 is 0 Å². The summed E-state index contributed by atoms with van der Waals surface area (Å²) in [5.74, 6) is 1.99. The summed E-state index contributed by atoms with van der Waals surface area (Å²) in [4.78, 5) is 14.3. The molecule has 172 valence electrons. The van der Waals surface area contributed by atoms with Crippen molar-refractivity contribution in [3.05, 3.63) is 23.9 Å². The second-order valence-electron chi connectivity index (χ2n) is 8.47. The highest BCUT2D eigenvalue weighted by atomic mass is 127. The number of nitrogens with one attached hydrogen (secondary N) is 2. The summed E-state index contributed by atoms with van der Waals surface area (Å²) < 4.78 is 0. The van der Waals surface area contributed by atoms with Gasteiger partial charge in [0.05, 0.1) is 6.54 Å². The Hall–Kier alpha value is -1.09. The molecule has 0 spiro atoms. The summed E-state index contributed by atoms with van der Waals surface area (Å²) in [5, 5.41) is 6.85. The van der Waals surface area contributed by atoms with Crippen LogP contribution >= 0.6 is 24.0 Å². The quantitative estimate of drug-likeness (QED) is 0.205. The molecule has 30 heavy (non-hydrogen) atoms. The molecule has 1 aliphatic rings. The van der Waals surface area contributed by atoms with E-state index in [4.69, 9.17) is 4.99 Å². The van der Waals surface area contributed by atoms with E-state index >= 15 is 0 Å². The molecule has 2 N–H and O–H groups in total. The van der Waals surface area contributed by atoms with Crippen LogP contribution in [0.25, 0.3) is 0 Å². The number of hydrogen-bond acceptors (Lipinski definition) is 4. The van der Waals surface area contributed by atoms with E-state index in [1.54, 1.807) is 0 Å². The molecule has 0 aliphatic carbocycles. The summed E-state index contributed by atoms with van der Waals surface area (Å²) in [7, 11) is 0. The zero-order valence-corrected chi connectivity index (χ0v) is 22.0. The van der Waals surface area contributed by atoms with E-state index < -0.39 is 0 Å². The third kappa shape index (κ3) is 9.37. The lowest BCUT2D eigenvalue weighted by Gasteiger charge is -2.30. The molecule has 0 unspecified atom stereocenters. The summed E-state index contributed by atoms with van der Waals surface area (Å²) in [6.07, 6.45) is 6.90. The van der Waals surface area contributed by atoms with Gasteiger partial charge in [0, 0.05) is 51.0 Å². The minimum atomic E-state index is 0. The van der Waals surface area contributed by atoms with Gasteiger partial charge in [-0.3, -0.25) is 4.90 Å². The number of guanidine groups is 1. The van der Waals surface area contributed by atoms with Gasteiger partial charge in [-0.1, -0.05) is 0 Å². The summed E-state index contributed by atoms with van der Waals surface area (Å²) in [6, 6.07) is 5.43. The molecule has 7 heteroatoms. The van der Waals surface area contributed by atoms with Crippen LogP contribution in [0, 0.1) is 0 Å². The molecule has 0 atom stereocenters. The predicted octanol–water partition coefficient (Wildman–Crippen LogP) is 4.25. The topological polar surface area (TPSA) is 55.8 Å². The van der Waals surface area contributed by atoms with Gasteiger partial charge in [0.1, 0.15) is 5.82 Å². The molecule has 1 saturated heterocycles. The Balaban J connectivity index is 0.00000450. The zero-order valence-electron chi connectivity index (χ0n) is 19.7. The highest BCUT2D eigenvalue weighted by Gasteiger charge is 2.13. The predicted molar refractivity (Wildman–Crippen MR) is 140 cm³/mol. The van der Waals surface area contributed by atoms with Gasteiger partial charge in [-0.25, -0.2) is 9.98 Å². The molecule has 0 aromatic carbocycles. The van der Waals surface area contributed by atoms with Crippen molar-refractivity contribution >= 4 is 35.8 Å². The summed E-state index contributed by atoms with van der Waals surface area (Å²) in [5.41, 5.74) is 1.21. The third-order valence-electron chi connectivity index (χ3n) is 5.47. The first kappa shape index (κ1) is 26.9. The van der Waals surface area contributed by atoms with Crippen LogP contribution in [0.2, 0.25) is 0 Å². The summed E-state index contributed by atoms with van der Waals surface area (Å²) in [6.45, 7) is 17.0. The number of halogens is 1. The minimum absolute atomic E-state index is 0. The van der Waals surface area contributed by atoms with E-state index in [-0.39, 0.29) is 24.0 Å². The van der Waals surface area contributed by atoms with Crippen LogP contribution in [0.1, 0.15) is 65.9 Å². The van der Waals surface area contributed by atoms with Gasteiger partial charge < -0.3 is 15.5 Å². The molecule has 2 rings (SSSR count). The Kier molecular flexibility index (Phi) is 13.3. The standard InChI is InChI=1S/C23H42N6.HI/c1-6-24-23(26-12-10-16-29(19(2)3)20(4)5)27-18-21-11-13-25-22(17-21)28-14-8-7-9-15-28;/h11,13,17,19-20H,6-10,12,14-16,18H2,1-5H3,(H2,24,26,27);1H. The number of pyridine rings is 1. The average molecular weight is 531 g/mol. The van der Waals surface area contributed by atoms with Crippen LogP contribution in [-0.2, 0) is 6.54 Å². The Morgan fingerprint density at radius 2 is 1.83 bits per heavy atom. The van der Waals surface area contributed by atoms with Crippen molar-refractivity contribution in [1.82, 2.24) is 20.5 Å². The Labute approximate surface area is 201 Å². The normalized spacial score (nSPS) is 14.9. The number of nitrogens with zero attached hydrogens (tertiary/aromatic N) is 4. The van der Waals surface area contributed by atoms with Crippen LogP contribution in [0.5, 0.6) is 0 Å². The van der Waals surface area contributed by atoms with Gasteiger partial charge in [0.25, 0.3) is 0 Å². The second-order valence-corrected chi connectivity index (χ2v) is 8.47. The van der Waals surface area contributed by atoms with Crippen molar-refractivity contribution in [2.75, 3.05) is 37.6 Å². The lowest BCUT2D eigenvalue weighted by Crippen LogP contribution is -2.41. The molecule has 6 nitrogen and oxygen atoms in total. The molecular weight excluding hydrogens is 487 g/mol. The van der Waals surface area contributed by atoms with Gasteiger partial charge in [-0.05, 0) is 78.0 Å². The molecule has 0 radical (unpaired) electrons. The van der Waals surface area contributed by atoms with E-state index in [0.29, 0.717) is 18.6 Å². The monoisotopic (exact) mass is 530 g/mol. The molecular formula is C23H43IN6. The van der Waals surface area contributed by atoms with Crippen molar-refractivity contribution in [2.24, 2.45) is 4.99 Å². The van der Waals surface area contributed by atoms with Crippen LogP contribution in [0.4, 0.5) is 5.82 Å². The maximum atomic E-state index is 4.79. The maximum Gasteiger partial charge on any atom is 0.191 e. The van der Waals surface area contributed by atoms with Gasteiger partial charge in [0.15, 0.2) is 5.96 Å². The smallest absolute Gasteiger partial charge is 0.191 e. The Bertz CT molecular complexity index is 605. The van der Waals surface area contributed by atoms with Gasteiger partial charge >= 0.3 is 0 Å². The van der Waals surface area contributed by atoms with Gasteiger partial charge in [-0.2, -0.15) is 0 Å². The average Bonchev–Trinajstić information content (AvgIpc) is 2.72. The van der Waals surface area contributed by atoms with E-state index in [1.165, 1.54) is 24.8 Å². The van der Waals surface area contributed by atoms with Crippen LogP contribution in [-0.4, -0.2) is 60.7 Å². The van der Waals surface area contributed by atoms with E-state index in [1.807, 2.05) is 6.20 Å². The largest absolute Gasteiger partial charge is 0.357 e. The molecule has 0 saturated carbocycles. The fraction of sp³-hybridized carbons (Fsp3) is 0.739. The molecule has 1 aromatic rings. The highest BCUT2D eigenvalue weighted by Crippen LogP contribution is 2.18. The van der Waals surface area contributed by atoms with Gasteiger partial charge in [0.2, 0.25) is 0 Å². The van der Waals surface area contributed by atoms with Crippen molar-refractivity contribution in [2.45, 2.75) is 78.9 Å². The number of rotatable bonds is 10. The number of hydrogen-bond donors (Lipinski definition) is 2. The Morgan fingerprint density at radius 1 is 1.13 bits per heavy atom. The minimum Gasteiger partial charge on any atom is -0.357 e. The number of aliphatic imine (C=N–C) groups is 1. The number of anilines is 1. The molecule has 2 heterocycles. The van der Waals surface area contributed by atoms with E-state index in [0.717, 1.165) is 50.9 Å². The lowest BCUT2D eigenvalue weighted by molar-refractivity contribution is 0.173. The van der Waals surface area contributed by atoms with Crippen LogP contribution < -0.4 is 15.5 Å². The van der Waals surface area contributed by atoms with Gasteiger partial charge in [-0.15, -0.1) is 24.0 Å². The highest BCUT2D eigenvalue weighted by molar-refractivity contribution is 14.0. The van der Waals surface area contributed by atoms with Crippen LogP contribution in [0.3, 0.4) is 0 Å². The van der Waals surface area contributed by atoms with Crippen molar-refractivity contribution in [3.63, 3.8) is 0 Å². The molecule has 0 amide bonds. The number of aromatic nitrogens is 1. The fourth-order valence-electron chi connectivity index (χ4n) is 3.95. The van der Waals surface area contributed by atoms with Crippen molar-refractivity contribution in [3.8, 4) is 0 Å². The zero-order chi connectivity index (χ0) is 21.1. The van der Waals surface area contributed by atoms with Crippen molar-refractivity contribution in [1.29, 1.82) is 0 Å². The maximum absolute atomic E-state index is 4.79. The van der Waals surface area contributed by atoms with E-state index in [2.05, 4.69) is 72.2 Å². The molecule has 1 aliphatic heterocycles. The first-order valence-electron chi connectivity index (χ1n) is 11.5. The molecule has 1 fully saturated rings. The first-order valence-corrected chi connectivity index (χ1v) is 11.5. The third-order valence-corrected chi connectivity index (χ3v) is 5.47. The fourth-order valence-corrected chi connectivity index (χ4v) is 3.95. The summed E-state index contributed by atoms with van der Waals surface area (Å²) >= 11 is 0. The number of piperidine rings is 1. The second kappa shape index (κ2) is 14.8.